The van der Waals surface area contributed by atoms with Crippen molar-refractivity contribution < 1.29 is 14.4 Å². The van der Waals surface area contributed by atoms with Crippen LogP contribution in [0.2, 0.25) is 5.02 Å². The first-order valence-electron chi connectivity index (χ1n) is 7.10. The number of halogens is 1. The second kappa shape index (κ2) is 8.18. The molecule has 2 rings (SSSR count). The molecule has 0 aliphatic carbocycles. The highest BCUT2D eigenvalue weighted by Crippen LogP contribution is 2.28. The summed E-state index contributed by atoms with van der Waals surface area (Å²) < 4.78 is 5.36. The zero-order valence-electron chi connectivity index (χ0n) is 13.5. The summed E-state index contributed by atoms with van der Waals surface area (Å²) in [6, 6.07) is 11.2. The quantitative estimate of drug-likeness (QED) is 0.240. The Morgan fingerprint density at radius 3 is 2.40 bits per heavy atom. The third-order valence-corrected chi connectivity index (χ3v) is 3.38. The van der Waals surface area contributed by atoms with Gasteiger partial charge in [-0.3, -0.25) is 10.3 Å². The van der Waals surface area contributed by atoms with Gasteiger partial charge in [0.25, 0.3) is 0 Å². The Bertz CT molecular complexity index is 815. The molecule has 2 aromatic rings. The Hall–Kier alpha value is -3.03. The van der Waals surface area contributed by atoms with Gasteiger partial charge in [-0.25, -0.2) is 9.79 Å². The number of hydrogen-bond donors (Lipinski definition) is 3. The van der Waals surface area contributed by atoms with Gasteiger partial charge in [-0.05, 0) is 36.4 Å². The zero-order chi connectivity index (χ0) is 18.4. The summed E-state index contributed by atoms with van der Waals surface area (Å²) in [5.41, 5.74) is 15.2. The summed E-state index contributed by atoms with van der Waals surface area (Å²) in [4.78, 5) is 21.0. The normalized spacial score (nSPS) is 10.0. The minimum absolute atomic E-state index is 0.0659. The molecular weight excluding hydrogens is 344 g/mol. The van der Waals surface area contributed by atoms with E-state index in [1.54, 1.807) is 42.5 Å². The summed E-state index contributed by atoms with van der Waals surface area (Å²) in [7, 11) is 1.47. The van der Waals surface area contributed by atoms with E-state index in [-0.39, 0.29) is 11.7 Å². The lowest BCUT2D eigenvalue weighted by atomic mass is 10.1. The van der Waals surface area contributed by atoms with Gasteiger partial charge in [0, 0.05) is 5.56 Å². The molecule has 0 atom stereocenters. The topological polar surface area (TPSA) is 112 Å². The average molecular weight is 361 g/mol. The third kappa shape index (κ3) is 4.97. The van der Waals surface area contributed by atoms with Crippen LogP contribution in [0.4, 0.5) is 5.69 Å². The van der Waals surface area contributed by atoms with E-state index in [1.165, 1.54) is 7.11 Å². The number of esters is 1. The second-order valence-electron chi connectivity index (χ2n) is 4.90. The molecule has 0 radical (unpaired) electrons. The van der Waals surface area contributed by atoms with Crippen molar-refractivity contribution >= 4 is 34.9 Å². The lowest BCUT2D eigenvalue weighted by Crippen LogP contribution is -2.21. The zero-order valence-corrected chi connectivity index (χ0v) is 14.2. The van der Waals surface area contributed by atoms with Crippen molar-refractivity contribution in [1.82, 2.24) is 5.48 Å². The number of nitrogens with zero attached hydrogens (tertiary/aromatic N) is 1. The van der Waals surface area contributed by atoms with Gasteiger partial charge in [0.1, 0.15) is 5.75 Å². The number of guanidine groups is 1. The smallest absolute Gasteiger partial charge is 0.343 e. The minimum Gasteiger partial charge on any atom is -0.421 e. The van der Waals surface area contributed by atoms with E-state index in [1.807, 2.05) is 0 Å². The highest BCUT2D eigenvalue weighted by molar-refractivity contribution is 6.32. The Morgan fingerprint density at radius 1 is 1.16 bits per heavy atom. The van der Waals surface area contributed by atoms with Gasteiger partial charge < -0.3 is 16.2 Å². The van der Waals surface area contributed by atoms with Crippen molar-refractivity contribution in [2.45, 2.75) is 0 Å². The molecule has 0 fully saturated rings. The molecule has 0 heterocycles. The molecule has 0 saturated heterocycles. The van der Waals surface area contributed by atoms with Gasteiger partial charge in [0.2, 0.25) is 0 Å². The molecular formula is C17H17ClN4O3. The highest BCUT2D eigenvalue weighted by atomic mass is 35.5. The molecule has 130 valence electrons. The molecule has 5 N–H and O–H groups in total. The molecule has 2 aromatic carbocycles. The number of hydroxylamine groups is 1. The van der Waals surface area contributed by atoms with Crippen LogP contribution in [0.25, 0.3) is 5.70 Å². The van der Waals surface area contributed by atoms with Crippen molar-refractivity contribution in [2.75, 3.05) is 7.11 Å². The van der Waals surface area contributed by atoms with Gasteiger partial charge in [0.15, 0.2) is 5.96 Å². The van der Waals surface area contributed by atoms with E-state index in [2.05, 4.69) is 17.1 Å². The maximum atomic E-state index is 12.3. The number of ether oxygens (including phenoxy) is 1. The van der Waals surface area contributed by atoms with E-state index in [9.17, 15) is 4.79 Å². The first kappa shape index (κ1) is 18.3. The Labute approximate surface area is 149 Å². The molecule has 0 bridgehead atoms. The number of rotatable bonds is 6. The summed E-state index contributed by atoms with van der Waals surface area (Å²) in [6.07, 6.45) is 0. The summed E-state index contributed by atoms with van der Waals surface area (Å²) >= 11 is 6.09. The molecule has 0 aliphatic heterocycles. The molecule has 0 spiro atoms. The van der Waals surface area contributed by atoms with Gasteiger partial charge in [0.05, 0.1) is 29.1 Å². The van der Waals surface area contributed by atoms with Crippen molar-refractivity contribution in [3.63, 3.8) is 0 Å². The molecule has 0 amide bonds. The van der Waals surface area contributed by atoms with Crippen LogP contribution in [0, 0.1) is 0 Å². The van der Waals surface area contributed by atoms with Crippen LogP contribution in [-0.4, -0.2) is 19.0 Å². The highest BCUT2D eigenvalue weighted by Gasteiger charge is 2.13. The number of nitrogens with one attached hydrogen (secondary N) is 1. The minimum atomic E-state index is -0.569. The number of aliphatic imine (C=N–C) groups is 1. The van der Waals surface area contributed by atoms with Crippen LogP contribution in [-0.2, 0) is 4.84 Å². The van der Waals surface area contributed by atoms with Gasteiger partial charge in [-0.1, -0.05) is 24.2 Å². The summed E-state index contributed by atoms with van der Waals surface area (Å²) in [6.45, 7) is 3.80. The van der Waals surface area contributed by atoms with Crippen molar-refractivity contribution in [3.05, 3.63) is 65.2 Å². The molecule has 0 saturated carbocycles. The number of benzene rings is 2. The molecule has 0 aromatic heterocycles. The Kier molecular flexibility index (Phi) is 5.99. The van der Waals surface area contributed by atoms with Crippen LogP contribution in [0.5, 0.6) is 5.75 Å². The molecule has 7 nitrogen and oxygen atoms in total. The van der Waals surface area contributed by atoms with E-state index in [0.717, 1.165) is 0 Å². The predicted molar refractivity (Wildman–Crippen MR) is 97.5 cm³/mol. The van der Waals surface area contributed by atoms with Crippen molar-refractivity contribution in [2.24, 2.45) is 16.5 Å². The fourth-order valence-corrected chi connectivity index (χ4v) is 2.09. The molecule has 0 unspecified atom stereocenters. The monoisotopic (exact) mass is 360 g/mol. The number of nitrogens with two attached hydrogens (primary N) is 2. The Morgan fingerprint density at radius 2 is 1.80 bits per heavy atom. The third-order valence-electron chi connectivity index (χ3n) is 3.07. The van der Waals surface area contributed by atoms with Crippen LogP contribution < -0.4 is 21.7 Å². The number of hydrogen-bond acceptors (Lipinski definition) is 5. The van der Waals surface area contributed by atoms with Gasteiger partial charge in [-0.2, -0.15) is 0 Å². The van der Waals surface area contributed by atoms with E-state index in [0.29, 0.717) is 27.5 Å². The number of carbonyl (C=O) groups is 1. The summed E-state index contributed by atoms with van der Waals surface area (Å²) in [5.74, 6) is -0.430. The largest absolute Gasteiger partial charge is 0.421 e. The SMILES string of the molecule is C=C(NOC)c1ccc(Cl)c(OC(=O)c2ccc(N=C(N)N)cc2)c1. The fourth-order valence-electron chi connectivity index (χ4n) is 1.93. The van der Waals surface area contributed by atoms with Crippen LogP contribution in [0.3, 0.4) is 0 Å². The lowest BCUT2D eigenvalue weighted by molar-refractivity contribution is 0.0735. The number of carbonyl (C=O) groups excluding carboxylic acids is 1. The molecule has 8 heteroatoms. The first-order chi connectivity index (χ1) is 11.9. The summed E-state index contributed by atoms with van der Waals surface area (Å²) in [5, 5.41) is 0.291. The van der Waals surface area contributed by atoms with E-state index in [4.69, 9.17) is 32.6 Å². The van der Waals surface area contributed by atoms with E-state index < -0.39 is 5.97 Å². The molecule has 25 heavy (non-hydrogen) atoms. The first-order valence-corrected chi connectivity index (χ1v) is 7.48. The van der Waals surface area contributed by atoms with Gasteiger partial charge in [-0.15, -0.1) is 0 Å². The molecule has 0 aliphatic rings. The van der Waals surface area contributed by atoms with Crippen LogP contribution in [0.1, 0.15) is 15.9 Å². The van der Waals surface area contributed by atoms with Crippen LogP contribution >= 0.6 is 11.6 Å². The maximum Gasteiger partial charge on any atom is 0.343 e. The standard InChI is InChI=1S/C17H17ClN4O3/c1-10(22-24-2)12-5-8-14(18)15(9-12)25-16(23)11-3-6-13(7-4-11)21-17(19)20/h3-9,22H,1H2,2H3,(H4,19,20,21). The van der Waals surface area contributed by atoms with Crippen molar-refractivity contribution in [1.29, 1.82) is 0 Å². The van der Waals surface area contributed by atoms with E-state index >= 15 is 0 Å². The Balaban J connectivity index is 2.18. The lowest BCUT2D eigenvalue weighted by Gasteiger charge is -2.11. The fraction of sp³-hybridized carbons (Fsp3) is 0.0588. The maximum absolute atomic E-state index is 12.3. The van der Waals surface area contributed by atoms with Crippen LogP contribution in [0.15, 0.2) is 54.0 Å². The average Bonchev–Trinajstić information content (AvgIpc) is 2.57. The second-order valence-corrected chi connectivity index (χ2v) is 5.31. The van der Waals surface area contributed by atoms with Crippen molar-refractivity contribution in [3.8, 4) is 5.75 Å². The van der Waals surface area contributed by atoms with Gasteiger partial charge >= 0.3 is 5.97 Å². The predicted octanol–water partition coefficient (Wildman–Crippen LogP) is 2.59.